The van der Waals surface area contributed by atoms with E-state index in [1.807, 2.05) is 0 Å². The van der Waals surface area contributed by atoms with Crippen LogP contribution in [0.1, 0.15) is 22.2 Å². The standard InChI is InChI=1S/C15H15FN2O3S/c1-9(11-5-4-10(20-2)8-12(11)16)17-18-13-6-7-22-14(13)15(19)21-3/h4-8,18H,1-3H3/b17-9+. The van der Waals surface area contributed by atoms with Gasteiger partial charge in [-0.05, 0) is 30.5 Å². The Morgan fingerprint density at radius 2 is 2.09 bits per heavy atom. The van der Waals surface area contributed by atoms with Crippen LogP contribution < -0.4 is 10.2 Å². The third-order valence-electron chi connectivity index (χ3n) is 2.95. The number of benzene rings is 1. The van der Waals surface area contributed by atoms with Gasteiger partial charge in [-0.15, -0.1) is 11.3 Å². The molecule has 2 rings (SSSR count). The minimum atomic E-state index is -0.444. The fourth-order valence-corrected chi connectivity index (χ4v) is 2.53. The summed E-state index contributed by atoms with van der Waals surface area (Å²) in [6.45, 7) is 1.67. The van der Waals surface area contributed by atoms with Gasteiger partial charge in [0.25, 0.3) is 0 Å². The summed E-state index contributed by atoms with van der Waals surface area (Å²) in [4.78, 5) is 12.0. The molecule has 0 atom stereocenters. The summed E-state index contributed by atoms with van der Waals surface area (Å²) in [5, 5.41) is 5.86. The molecule has 22 heavy (non-hydrogen) atoms. The maximum atomic E-state index is 14.0. The number of nitrogens with one attached hydrogen (secondary N) is 1. The SMILES string of the molecule is COC(=O)c1sccc1N/N=C(\C)c1ccc(OC)cc1F. The first-order valence-corrected chi connectivity index (χ1v) is 7.24. The van der Waals surface area contributed by atoms with Gasteiger partial charge < -0.3 is 9.47 Å². The van der Waals surface area contributed by atoms with Gasteiger partial charge in [0.1, 0.15) is 16.4 Å². The Morgan fingerprint density at radius 1 is 1.32 bits per heavy atom. The van der Waals surface area contributed by atoms with Crippen molar-refractivity contribution in [3.05, 3.63) is 45.9 Å². The average Bonchev–Trinajstić information content (AvgIpc) is 3.00. The van der Waals surface area contributed by atoms with Crippen LogP contribution in [0.25, 0.3) is 0 Å². The molecule has 1 aromatic heterocycles. The number of methoxy groups -OCH3 is 2. The molecule has 5 nitrogen and oxygen atoms in total. The van der Waals surface area contributed by atoms with Crippen molar-refractivity contribution in [3.63, 3.8) is 0 Å². The van der Waals surface area contributed by atoms with Crippen molar-refractivity contribution in [2.75, 3.05) is 19.6 Å². The van der Waals surface area contributed by atoms with Crippen molar-refractivity contribution in [1.82, 2.24) is 0 Å². The maximum Gasteiger partial charge on any atom is 0.350 e. The lowest BCUT2D eigenvalue weighted by Gasteiger charge is -2.06. The molecule has 0 aliphatic heterocycles. The van der Waals surface area contributed by atoms with E-state index >= 15 is 0 Å². The summed E-state index contributed by atoms with van der Waals surface area (Å²) in [6.07, 6.45) is 0. The van der Waals surface area contributed by atoms with Crippen LogP contribution in [0, 0.1) is 5.82 Å². The summed E-state index contributed by atoms with van der Waals surface area (Å²) >= 11 is 1.24. The number of anilines is 1. The normalized spacial score (nSPS) is 11.2. The fourth-order valence-electron chi connectivity index (χ4n) is 1.77. The second-order valence-corrected chi connectivity index (χ2v) is 5.23. The summed E-state index contributed by atoms with van der Waals surface area (Å²) in [6, 6.07) is 6.24. The molecule has 7 heteroatoms. The van der Waals surface area contributed by atoms with E-state index in [1.54, 1.807) is 30.5 Å². The van der Waals surface area contributed by atoms with Crippen LogP contribution >= 0.6 is 11.3 Å². The molecule has 0 spiro atoms. The number of rotatable bonds is 5. The Bertz CT molecular complexity index is 713. The quantitative estimate of drug-likeness (QED) is 0.520. The molecule has 0 radical (unpaired) electrons. The molecule has 0 aliphatic carbocycles. The largest absolute Gasteiger partial charge is 0.497 e. The van der Waals surface area contributed by atoms with Gasteiger partial charge in [0.15, 0.2) is 0 Å². The van der Waals surface area contributed by atoms with Gasteiger partial charge in [0.2, 0.25) is 0 Å². The van der Waals surface area contributed by atoms with Crippen LogP contribution in [0.4, 0.5) is 10.1 Å². The highest BCUT2D eigenvalue weighted by Crippen LogP contribution is 2.23. The van der Waals surface area contributed by atoms with Crippen molar-refractivity contribution in [2.24, 2.45) is 5.10 Å². The first kappa shape index (κ1) is 16.0. The van der Waals surface area contributed by atoms with Gasteiger partial charge in [0, 0.05) is 11.6 Å². The molecule has 0 amide bonds. The number of nitrogens with zero attached hydrogens (tertiary/aromatic N) is 1. The van der Waals surface area contributed by atoms with E-state index in [0.717, 1.165) is 0 Å². The van der Waals surface area contributed by atoms with Gasteiger partial charge >= 0.3 is 5.97 Å². The molecular formula is C15H15FN2O3S. The zero-order valence-corrected chi connectivity index (χ0v) is 13.2. The first-order valence-electron chi connectivity index (χ1n) is 6.36. The Hall–Kier alpha value is -2.41. The number of hydrazone groups is 1. The molecule has 0 aliphatic rings. The molecule has 0 bridgehead atoms. The Morgan fingerprint density at radius 3 is 2.73 bits per heavy atom. The number of carbonyl (C=O) groups is 1. The van der Waals surface area contributed by atoms with Crippen molar-refractivity contribution in [1.29, 1.82) is 0 Å². The predicted octanol–water partition coefficient (Wildman–Crippen LogP) is 3.52. The number of carbonyl (C=O) groups excluding carboxylic acids is 1. The van der Waals surface area contributed by atoms with Crippen molar-refractivity contribution in [3.8, 4) is 5.75 Å². The van der Waals surface area contributed by atoms with Crippen LogP contribution in [0.2, 0.25) is 0 Å². The smallest absolute Gasteiger partial charge is 0.350 e. The van der Waals surface area contributed by atoms with E-state index in [-0.39, 0.29) is 0 Å². The second kappa shape index (κ2) is 7.04. The van der Waals surface area contributed by atoms with E-state index in [0.29, 0.717) is 27.6 Å². The van der Waals surface area contributed by atoms with Gasteiger partial charge in [-0.2, -0.15) is 5.10 Å². The first-order chi connectivity index (χ1) is 10.6. The van der Waals surface area contributed by atoms with Gasteiger partial charge in [0.05, 0.1) is 25.6 Å². The Balaban J connectivity index is 2.20. The van der Waals surface area contributed by atoms with Crippen LogP contribution in [0.5, 0.6) is 5.75 Å². The Labute approximate surface area is 131 Å². The minimum absolute atomic E-state index is 0.350. The zero-order valence-electron chi connectivity index (χ0n) is 12.3. The highest BCUT2D eigenvalue weighted by Gasteiger charge is 2.13. The number of thiophene rings is 1. The fraction of sp³-hybridized carbons (Fsp3) is 0.200. The van der Waals surface area contributed by atoms with Crippen molar-refractivity contribution in [2.45, 2.75) is 6.92 Å². The van der Waals surface area contributed by atoms with E-state index in [9.17, 15) is 9.18 Å². The van der Waals surface area contributed by atoms with Crippen LogP contribution in [0.15, 0.2) is 34.7 Å². The summed E-state index contributed by atoms with van der Waals surface area (Å²) in [7, 11) is 2.79. The molecule has 2 aromatic rings. The van der Waals surface area contributed by atoms with Crippen molar-refractivity contribution >= 4 is 28.7 Å². The molecule has 0 fully saturated rings. The number of ether oxygens (including phenoxy) is 2. The molecule has 0 saturated carbocycles. The Kier molecular flexibility index (Phi) is 5.11. The number of halogens is 1. The molecule has 1 N–H and O–H groups in total. The average molecular weight is 322 g/mol. The lowest BCUT2D eigenvalue weighted by atomic mass is 10.1. The summed E-state index contributed by atoms with van der Waals surface area (Å²) in [5.41, 5.74) is 4.08. The zero-order chi connectivity index (χ0) is 16.1. The predicted molar refractivity (Wildman–Crippen MR) is 84.4 cm³/mol. The van der Waals surface area contributed by atoms with Crippen molar-refractivity contribution < 1.29 is 18.7 Å². The second-order valence-electron chi connectivity index (χ2n) is 4.31. The third-order valence-corrected chi connectivity index (χ3v) is 3.84. The summed E-state index contributed by atoms with van der Waals surface area (Å²) < 4.78 is 23.6. The van der Waals surface area contributed by atoms with Gasteiger partial charge in [-0.1, -0.05) is 0 Å². The molecule has 1 heterocycles. The lowest BCUT2D eigenvalue weighted by molar-refractivity contribution is 0.0607. The van der Waals surface area contributed by atoms with Gasteiger partial charge in [-0.25, -0.2) is 9.18 Å². The van der Waals surface area contributed by atoms with Crippen LogP contribution in [-0.2, 0) is 4.74 Å². The maximum absolute atomic E-state index is 14.0. The number of hydrogen-bond donors (Lipinski definition) is 1. The molecule has 116 valence electrons. The molecular weight excluding hydrogens is 307 g/mol. The van der Waals surface area contributed by atoms with Gasteiger partial charge in [-0.3, -0.25) is 5.43 Å². The number of esters is 1. The molecule has 1 aromatic carbocycles. The topological polar surface area (TPSA) is 59.9 Å². The monoisotopic (exact) mass is 322 g/mol. The highest BCUT2D eigenvalue weighted by atomic mass is 32.1. The highest BCUT2D eigenvalue weighted by molar-refractivity contribution is 7.12. The van der Waals surface area contributed by atoms with Crippen LogP contribution in [-0.4, -0.2) is 25.9 Å². The van der Waals surface area contributed by atoms with E-state index in [1.165, 1.54) is 31.6 Å². The summed E-state index contributed by atoms with van der Waals surface area (Å²) in [5.74, 6) is -0.435. The number of hydrogen-bond acceptors (Lipinski definition) is 6. The minimum Gasteiger partial charge on any atom is -0.497 e. The molecule has 0 saturated heterocycles. The van der Waals surface area contributed by atoms with Crippen LogP contribution in [0.3, 0.4) is 0 Å². The van der Waals surface area contributed by atoms with E-state index < -0.39 is 11.8 Å². The van der Waals surface area contributed by atoms with E-state index in [4.69, 9.17) is 4.74 Å². The molecule has 0 unspecified atom stereocenters. The lowest BCUT2D eigenvalue weighted by Crippen LogP contribution is -2.05. The third kappa shape index (κ3) is 3.43. The van der Waals surface area contributed by atoms with E-state index in [2.05, 4.69) is 15.3 Å².